The van der Waals surface area contributed by atoms with E-state index in [9.17, 15) is 0 Å². The van der Waals surface area contributed by atoms with E-state index >= 15 is 0 Å². The maximum Gasteiger partial charge on any atom is 0.0174 e. The summed E-state index contributed by atoms with van der Waals surface area (Å²) in [5, 5.41) is 0. The number of rotatable bonds is 4. The van der Waals surface area contributed by atoms with E-state index < -0.39 is 0 Å². The molecule has 1 heteroatoms. The molecule has 1 aliphatic rings. The first kappa shape index (κ1) is 10.6. The summed E-state index contributed by atoms with van der Waals surface area (Å²) in [6.07, 6.45) is 8.62. The monoisotopic (exact) mass is 232 g/mol. The molecule has 1 fully saturated rings. The summed E-state index contributed by atoms with van der Waals surface area (Å²) in [6.45, 7) is 4.64. The minimum absolute atomic E-state index is 0.838. The zero-order valence-electron chi connectivity index (χ0n) is 8.35. The second-order valence-electron chi connectivity index (χ2n) is 4.53. The highest BCUT2D eigenvalue weighted by Crippen LogP contribution is 2.35. The van der Waals surface area contributed by atoms with Gasteiger partial charge >= 0.3 is 0 Å². The third kappa shape index (κ3) is 3.47. The lowest BCUT2D eigenvalue weighted by atomic mass is 9.97. The highest BCUT2D eigenvalue weighted by atomic mass is 79.9. The summed E-state index contributed by atoms with van der Waals surface area (Å²) in [6, 6.07) is 0. The van der Waals surface area contributed by atoms with Gasteiger partial charge in [-0.1, -0.05) is 49.0 Å². The number of hydrogen-bond donors (Lipinski definition) is 0. The molecule has 1 saturated carbocycles. The molecule has 0 amide bonds. The van der Waals surface area contributed by atoms with Crippen molar-refractivity contribution in [1.82, 2.24) is 0 Å². The van der Waals surface area contributed by atoms with Crippen molar-refractivity contribution < 1.29 is 0 Å². The molecule has 72 valence electrons. The van der Waals surface area contributed by atoms with Crippen LogP contribution >= 0.6 is 15.9 Å². The molecule has 12 heavy (non-hydrogen) atoms. The molecule has 0 nitrogen and oxygen atoms in total. The second-order valence-corrected chi connectivity index (χ2v) is 5.71. The van der Waals surface area contributed by atoms with E-state index in [1.54, 1.807) is 0 Å². The maximum absolute atomic E-state index is 3.77. The number of alkyl halides is 1. The van der Waals surface area contributed by atoms with Crippen molar-refractivity contribution in [2.75, 3.05) is 0 Å². The van der Waals surface area contributed by atoms with Gasteiger partial charge in [0.1, 0.15) is 0 Å². The lowest BCUT2D eigenvalue weighted by molar-refractivity contribution is 0.449. The summed E-state index contributed by atoms with van der Waals surface area (Å²) < 4.78 is 0. The fourth-order valence-electron chi connectivity index (χ4n) is 2.11. The van der Waals surface area contributed by atoms with Crippen molar-refractivity contribution in [2.24, 2.45) is 11.8 Å². The molecule has 0 spiro atoms. The van der Waals surface area contributed by atoms with Crippen LogP contribution in [0.1, 0.15) is 52.4 Å². The molecule has 0 aromatic rings. The Morgan fingerprint density at radius 3 is 2.58 bits per heavy atom. The van der Waals surface area contributed by atoms with Gasteiger partial charge in [0, 0.05) is 4.83 Å². The fraction of sp³-hybridized carbons (Fsp3) is 1.00. The van der Waals surface area contributed by atoms with Crippen molar-refractivity contribution in [3.8, 4) is 0 Å². The molecule has 0 heterocycles. The van der Waals surface area contributed by atoms with Crippen LogP contribution in [0.15, 0.2) is 0 Å². The third-order valence-electron chi connectivity index (χ3n) is 2.92. The number of halogens is 1. The van der Waals surface area contributed by atoms with E-state index in [0.29, 0.717) is 0 Å². The summed E-state index contributed by atoms with van der Waals surface area (Å²) in [7, 11) is 0. The topological polar surface area (TPSA) is 0 Å². The Morgan fingerprint density at radius 2 is 2.08 bits per heavy atom. The van der Waals surface area contributed by atoms with Gasteiger partial charge in [-0.15, -0.1) is 0 Å². The van der Waals surface area contributed by atoms with Crippen molar-refractivity contribution in [3.05, 3.63) is 0 Å². The minimum Gasteiger partial charge on any atom is -0.0888 e. The van der Waals surface area contributed by atoms with Gasteiger partial charge in [0.25, 0.3) is 0 Å². The zero-order valence-corrected chi connectivity index (χ0v) is 9.94. The molecule has 0 aliphatic heterocycles. The molecule has 1 rings (SSSR count). The quantitative estimate of drug-likeness (QED) is 0.632. The first-order valence-electron chi connectivity index (χ1n) is 5.34. The zero-order chi connectivity index (χ0) is 8.97. The van der Waals surface area contributed by atoms with Crippen LogP contribution in [0.25, 0.3) is 0 Å². The Bertz CT molecular complexity index is 120. The van der Waals surface area contributed by atoms with Crippen LogP contribution in [0.3, 0.4) is 0 Å². The van der Waals surface area contributed by atoms with E-state index in [1.807, 2.05) is 0 Å². The summed E-state index contributed by atoms with van der Waals surface area (Å²) in [5.74, 6) is 1.88. The lowest BCUT2D eigenvalue weighted by Gasteiger charge is -2.13. The van der Waals surface area contributed by atoms with Gasteiger partial charge in [0.05, 0.1) is 0 Å². The fourth-order valence-corrected chi connectivity index (χ4v) is 2.96. The smallest absolute Gasteiger partial charge is 0.0174 e. The Balaban J connectivity index is 2.06. The highest BCUT2D eigenvalue weighted by molar-refractivity contribution is 9.09. The summed E-state index contributed by atoms with van der Waals surface area (Å²) >= 11 is 3.77. The van der Waals surface area contributed by atoms with Crippen molar-refractivity contribution in [3.63, 3.8) is 0 Å². The van der Waals surface area contributed by atoms with Crippen LogP contribution in [0, 0.1) is 11.8 Å². The third-order valence-corrected chi connectivity index (χ3v) is 4.13. The first-order chi connectivity index (χ1) is 5.70. The van der Waals surface area contributed by atoms with Crippen molar-refractivity contribution in [1.29, 1.82) is 0 Å². The average Bonchev–Trinajstić information content (AvgIpc) is 2.36. The van der Waals surface area contributed by atoms with Gasteiger partial charge in [-0.05, 0) is 31.1 Å². The minimum atomic E-state index is 0.838. The first-order valence-corrected chi connectivity index (χ1v) is 6.25. The lowest BCUT2D eigenvalue weighted by Crippen LogP contribution is -2.06. The van der Waals surface area contributed by atoms with Gasteiger partial charge in [0.15, 0.2) is 0 Å². The molecule has 0 radical (unpaired) electrons. The maximum atomic E-state index is 3.77. The molecule has 1 aliphatic carbocycles. The average molecular weight is 233 g/mol. The van der Waals surface area contributed by atoms with Gasteiger partial charge in [-0.25, -0.2) is 0 Å². The van der Waals surface area contributed by atoms with Crippen molar-refractivity contribution >= 4 is 15.9 Å². The van der Waals surface area contributed by atoms with E-state index in [0.717, 1.165) is 16.7 Å². The van der Waals surface area contributed by atoms with Gasteiger partial charge in [-0.2, -0.15) is 0 Å². The molecule has 2 atom stereocenters. The van der Waals surface area contributed by atoms with Gasteiger partial charge < -0.3 is 0 Å². The molecular weight excluding hydrogens is 212 g/mol. The van der Waals surface area contributed by atoms with Crippen LogP contribution in [-0.2, 0) is 0 Å². The Hall–Kier alpha value is 0.480. The van der Waals surface area contributed by atoms with Crippen LogP contribution < -0.4 is 0 Å². The summed E-state index contributed by atoms with van der Waals surface area (Å²) in [5.41, 5.74) is 0. The van der Waals surface area contributed by atoms with Gasteiger partial charge in [0.2, 0.25) is 0 Å². The molecule has 0 aromatic heterocycles. The van der Waals surface area contributed by atoms with Crippen LogP contribution in [0.2, 0.25) is 0 Å². The second kappa shape index (κ2) is 5.26. The van der Waals surface area contributed by atoms with Crippen molar-refractivity contribution in [2.45, 2.75) is 57.2 Å². The van der Waals surface area contributed by atoms with Gasteiger partial charge in [-0.3, -0.25) is 0 Å². The van der Waals surface area contributed by atoms with Crippen LogP contribution in [-0.4, -0.2) is 4.83 Å². The number of hydrogen-bond acceptors (Lipinski definition) is 0. The van der Waals surface area contributed by atoms with E-state index in [4.69, 9.17) is 0 Å². The SMILES string of the molecule is CC(C)CCCC1CCCC1Br. The largest absolute Gasteiger partial charge is 0.0888 e. The predicted octanol–water partition coefficient (Wildman–Crippen LogP) is 4.38. The molecule has 0 N–H and O–H groups in total. The Morgan fingerprint density at radius 1 is 1.33 bits per heavy atom. The Labute approximate surface area is 85.3 Å². The molecule has 0 aromatic carbocycles. The van der Waals surface area contributed by atoms with E-state index in [2.05, 4.69) is 29.8 Å². The summed E-state index contributed by atoms with van der Waals surface area (Å²) in [4.78, 5) is 0.838. The molecule has 0 bridgehead atoms. The van der Waals surface area contributed by atoms with Crippen LogP contribution in [0.5, 0.6) is 0 Å². The Kier molecular flexibility index (Phi) is 4.63. The predicted molar refractivity (Wildman–Crippen MR) is 58.7 cm³/mol. The molecular formula is C11H21Br. The molecule has 0 saturated heterocycles. The standard InChI is InChI=1S/C11H21Br/c1-9(2)5-3-6-10-7-4-8-11(10)12/h9-11H,3-8H2,1-2H3. The van der Waals surface area contributed by atoms with E-state index in [1.165, 1.54) is 38.5 Å². The van der Waals surface area contributed by atoms with Crippen LogP contribution in [0.4, 0.5) is 0 Å². The van der Waals surface area contributed by atoms with E-state index in [-0.39, 0.29) is 0 Å². The highest BCUT2D eigenvalue weighted by Gasteiger charge is 2.23. The normalized spacial score (nSPS) is 30.0. The molecule has 2 unspecified atom stereocenters.